The Hall–Kier alpha value is -0.680. The second kappa shape index (κ2) is 8.82. The molecule has 1 heterocycles. The quantitative estimate of drug-likeness (QED) is 0.887. The fourth-order valence-electron chi connectivity index (χ4n) is 2.61. The summed E-state index contributed by atoms with van der Waals surface area (Å²) in [7, 11) is 0. The van der Waals surface area contributed by atoms with E-state index >= 15 is 0 Å². The first-order valence-corrected chi connectivity index (χ1v) is 7.84. The first-order valence-electron chi connectivity index (χ1n) is 7.08. The molecule has 1 saturated heterocycles. The van der Waals surface area contributed by atoms with Crippen molar-refractivity contribution in [3.63, 3.8) is 0 Å². The molecule has 0 aliphatic carbocycles. The van der Waals surface area contributed by atoms with E-state index in [0.717, 1.165) is 19.4 Å². The van der Waals surface area contributed by atoms with Gasteiger partial charge in [-0.1, -0.05) is 30.1 Å². The number of nitrogens with zero attached hydrogens (tertiary/aromatic N) is 1. The van der Waals surface area contributed by atoms with Crippen LogP contribution >= 0.6 is 35.6 Å². The number of carbonyl (C=O) groups is 1. The van der Waals surface area contributed by atoms with Crippen molar-refractivity contribution in [1.82, 2.24) is 4.90 Å². The number of halogens is 3. The van der Waals surface area contributed by atoms with E-state index in [1.54, 1.807) is 18.2 Å². The minimum Gasteiger partial charge on any atom is -0.482 e. The molecule has 1 aliphatic heterocycles. The Kier molecular flexibility index (Phi) is 7.77. The smallest absolute Gasteiger partial charge is 0.260 e. The molecular weight excluding hydrogens is 347 g/mol. The molecule has 0 spiro atoms. The third-order valence-corrected chi connectivity index (χ3v) is 4.36. The molecule has 1 fully saturated rings. The Morgan fingerprint density at radius 3 is 2.86 bits per heavy atom. The number of ether oxygens (including phenoxy) is 1. The molecule has 124 valence electrons. The van der Waals surface area contributed by atoms with Gasteiger partial charge in [0.1, 0.15) is 5.75 Å². The van der Waals surface area contributed by atoms with Crippen LogP contribution in [0.15, 0.2) is 18.2 Å². The van der Waals surface area contributed by atoms with Crippen molar-refractivity contribution in [2.24, 2.45) is 11.7 Å². The molecular formula is C15H21Cl3N2O2. The highest BCUT2D eigenvalue weighted by atomic mass is 35.5. The van der Waals surface area contributed by atoms with Gasteiger partial charge in [0.25, 0.3) is 5.91 Å². The van der Waals surface area contributed by atoms with Gasteiger partial charge in [-0.05, 0) is 30.9 Å². The number of hydrogen-bond donors (Lipinski definition) is 1. The maximum absolute atomic E-state index is 12.3. The summed E-state index contributed by atoms with van der Waals surface area (Å²) in [5.74, 6) is 0.964. The largest absolute Gasteiger partial charge is 0.482 e. The van der Waals surface area contributed by atoms with E-state index in [-0.39, 0.29) is 31.0 Å². The lowest BCUT2D eigenvalue weighted by molar-refractivity contribution is -0.137. The lowest BCUT2D eigenvalue weighted by Gasteiger charge is -2.37. The fourth-order valence-corrected chi connectivity index (χ4v) is 2.95. The van der Waals surface area contributed by atoms with E-state index in [0.29, 0.717) is 28.3 Å². The molecule has 2 N–H and O–H groups in total. The van der Waals surface area contributed by atoms with Crippen LogP contribution in [0.3, 0.4) is 0 Å². The van der Waals surface area contributed by atoms with Crippen LogP contribution in [0.4, 0.5) is 0 Å². The van der Waals surface area contributed by atoms with Gasteiger partial charge in [0.05, 0.1) is 5.02 Å². The van der Waals surface area contributed by atoms with E-state index in [1.807, 2.05) is 4.90 Å². The van der Waals surface area contributed by atoms with Gasteiger partial charge in [0.2, 0.25) is 0 Å². The number of rotatable bonds is 4. The van der Waals surface area contributed by atoms with E-state index in [1.165, 1.54) is 0 Å². The Morgan fingerprint density at radius 1 is 1.45 bits per heavy atom. The molecule has 2 rings (SSSR count). The summed E-state index contributed by atoms with van der Waals surface area (Å²) in [6.45, 7) is 3.35. The summed E-state index contributed by atoms with van der Waals surface area (Å²) in [5, 5.41) is 0.961. The number of likely N-dealkylation sites (tertiary alicyclic amines) is 1. The maximum Gasteiger partial charge on any atom is 0.260 e. The van der Waals surface area contributed by atoms with Crippen LogP contribution in [0.25, 0.3) is 0 Å². The molecule has 2 unspecified atom stereocenters. The standard InChI is InChI=1S/C15H20Cl2N2O2.ClH/c1-10-4-5-19(12(6-10)8-18)15(20)9-21-14-7-11(16)2-3-13(14)17;/h2-3,7,10,12H,4-6,8-9,18H2,1H3;1H. The van der Waals surface area contributed by atoms with E-state index in [9.17, 15) is 4.79 Å². The van der Waals surface area contributed by atoms with Gasteiger partial charge in [-0.3, -0.25) is 4.79 Å². The molecule has 0 saturated carbocycles. The summed E-state index contributed by atoms with van der Waals surface area (Å²) < 4.78 is 5.50. The maximum atomic E-state index is 12.3. The van der Waals surface area contributed by atoms with Crippen LogP contribution in [-0.2, 0) is 4.79 Å². The van der Waals surface area contributed by atoms with E-state index in [4.69, 9.17) is 33.7 Å². The fraction of sp³-hybridized carbons (Fsp3) is 0.533. The van der Waals surface area contributed by atoms with Gasteiger partial charge in [-0.25, -0.2) is 0 Å². The third kappa shape index (κ3) is 4.92. The van der Waals surface area contributed by atoms with Crippen molar-refractivity contribution in [2.75, 3.05) is 19.7 Å². The SMILES string of the molecule is CC1CCN(C(=O)COc2cc(Cl)ccc2Cl)C(CN)C1.Cl. The van der Waals surface area contributed by atoms with Gasteiger partial charge in [0.15, 0.2) is 6.61 Å². The van der Waals surface area contributed by atoms with Crippen molar-refractivity contribution in [2.45, 2.75) is 25.8 Å². The van der Waals surface area contributed by atoms with Crippen LogP contribution in [0.5, 0.6) is 5.75 Å². The summed E-state index contributed by atoms with van der Waals surface area (Å²) >= 11 is 11.9. The van der Waals surface area contributed by atoms with Crippen molar-refractivity contribution in [3.05, 3.63) is 28.2 Å². The van der Waals surface area contributed by atoms with Crippen molar-refractivity contribution < 1.29 is 9.53 Å². The molecule has 4 nitrogen and oxygen atoms in total. The minimum atomic E-state index is -0.0617. The summed E-state index contributed by atoms with van der Waals surface area (Å²) in [5.41, 5.74) is 5.77. The second-order valence-electron chi connectivity index (χ2n) is 5.47. The molecule has 22 heavy (non-hydrogen) atoms. The lowest BCUT2D eigenvalue weighted by atomic mass is 9.92. The van der Waals surface area contributed by atoms with Crippen molar-refractivity contribution >= 4 is 41.5 Å². The number of carbonyl (C=O) groups excluding carboxylic acids is 1. The highest BCUT2D eigenvalue weighted by Gasteiger charge is 2.29. The minimum absolute atomic E-state index is 0. The zero-order valence-electron chi connectivity index (χ0n) is 12.4. The molecule has 1 aromatic carbocycles. The number of amides is 1. The van der Waals surface area contributed by atoms with Crippen LogP contribution in [0, 0.1) is 5.92 Å². The third-order valence-electron chi connectivity index (χ3n) is 3.81. The van der Waals surface area contributed by atoms with E-state index < -0.39 is 0 Å². The summed E-state index contributed by atoms with van der Waals surface area (Å²) in [6, 6.07) is 5.03. The number of benzene rings is 1. The second-order valence-corrected chi connectivity index (χ2v) is 6.31. The van der Waals surface area contributed by atoms with Crippen molar-refractivity contribution in [3.8, 4) is 5.75 Å². The van der Waals surface area contributed by atoms with Gasteiger partial charge in [-0.15, -0.1) is 12.4 Å². The summed E-state index contributed by atoms with van der Waals surface area (Å²) in [4.78, 5) is 14.1. The monoisotopic (exact) mass is 366 g/mol. The average Bonchev–Trinajstić information content (AvgIpc) is 2.47. The topological polar surface area (TPSA) is 55.6 Å². The zero-order chi connectivity index (χ0) is 15.4. The average molecular weight is 368 g/mol. The number of nitrogens with two attached hydrogens (primary N) is 1. The van der Waals surface area contributed by atoms with Gasteiger partial charge in [0, 0.05) is 30.2 Å². The molecule has 0 bridgehead atoms. The molecule has 2 atom stereocenters. The van der Waals surface area contributed by atoms with Crippen LogP contribution in [-0.4, -0.2) is 36.5 Å². The van der Waals surface area contributed by atoms with Crippen LogP contribution in [0.1, 0.15) is 19.8 Å². The Bertz CT molecular complexity index is 514. The first-order chi connectivity index (χ1) is 10.0. The Labute approximate surface area is 147 Å². The Balaban J connectivity index is 0.00000242. The highest BCUT2D eigenvalue weighted by molar-refractivity contribution is 6.34. The van der Waals surface area contributed by atoms with Crippen molar-refractivity contribution in [1.29, 1.82) is 0 Å². The molecule has 0 radical (unpaired) electrons. The Morgan fingerprint density at radius 2 is 2.18 bits per heavy atom. The normalized spacial score (nSPS) is 21.2. The first kappa shape index (κ1) is 19.4. The predicted octanol–water partition coefficient (Wildman–Crippen LogP) is 3.38. The molecule has 1 aliphatic rings. The van der Waals surface area contributed by atoms with Gasteiger partial charge < -0.3 is 15.4 Å². The highest BCUT2D eigenvalue weighted by Crippen LogP contribution is 2.28. The predicted molar refractivity (Wildman–Crippen MR) is 92.2 cm³/mol. The number of hydrogen-bond acceptors (Lipinski definition) is 3. The van der Waals surface area contributed by atoms with Gasteiger partial charge >= 0.3 is 0 Å². The molecule has 0 aromatic heterocycles. The zero-order valence-corrected chi connectivity index (χ0v) is 14.8. The van der Waals surface area contributed by atoms with E-state index in [2.05, 4.69) is 6.92 Å². The van der Waals surface area contributed by atoms with Crippen LogP contribution in [0.2, 0.25) is 10.0 Å². The molecule has 1 amide bonds. The van der Waals surface area contributed by atoms with Crippen LogP contribution < -0.4 is 10.5 Å². The molecule has 7 heteroatoms. The van der Waals surface area contributed by atoms with Gasteiger partial charge in [-0.2, -0.15) is 0 Å². The summed E-state index contributed by atoms with van der Waals surface area (Å²) in [6.07, 6.45) is 1.94. The number of piperidine rings is 1. The molecule has 1 aromatic rings. The lowest BCUT2D eigenvalue weighted by Crippen LogP contribution is -2.50.